The lowest BCUT2D eigenvalue weighted by Gasteiger charge is -2.32. The number of hydrogen-bond donors (Lipinski definition) is 4. The van der Waals surface area contributed by atoms with E-state index >= 15 is 0 Å². The van der Waals surface area contributed by atoms with Crippen LogP contribution in [0, 0.1) is 17.8 Å². The molecule has 12 heteroatoms. The van der Waals surface area contributed by atoms with Crippen LogP contribution >= 0.6 is 0 Å². The number of likely N-dealkylation sites (tertiary alicyclic amines) is 1. The van der Waals surface area contributed by atoms with Crippen LogP contribution in [0.15, 0.2) is 54.4 Å². The predicted octanol–water partition coefficient (Wildman–Crippen LogP) is 5.29. The number of para-hydroxylation sites is 1. The first-order valence-corrected chi connectivity index (χ1v) is 21.0. The van der Waals surface area contributed by atoms with E-state index in [0.29, 0.717) is 36.9 Å². The molecule has 6 rings (SSSR count). The Kier molecular flexibility index (Phi) is 14.4. The molecule has 2 aliphatic carbocycles. The second kappa shape index (κ2) is 19.6. The Hall–Kier alpha value is -4.45. The molecule has 2 aromatic rings. The Morgan fingerprint density at radius 2 is 1.46 bits per heavy atom. The van der Waals surface area contributed by atoms with Crippen LogP contribution in [0.4, 0.5) is 0 Å². The maximum Gasteiger partial charge on any atom is 0.257 e. The molecule has 0 bridgehead atoms. The number of imide groups is 1. The number of rotatable bonds is 15. The molecule has 12 nitrogen and oxygen atoms in total. The highest BCUT2D eigenvalue weighted by Gasteiger charge is 2.38. The summed E-state index contributed by atoms with van der Waals surface area (Å²) in [5.41, 5.74) is 1.92. The lowest BCUT2D eigenvalue weighted by atomic mass is 9.83. The fourth-order valence-corrected chi connectivity index (χ4v) is 9.21. The number of nitrogens with zero attached hydrogens (tertiary/aromatic N) is 2. The molecular formula is C44H62N6O6. The van der Waals surface area contributed by atoms with Gasteiger partial charge in [-0.2, -0.15) is 0 Å². The van der Waals surface area contributed by atoms with Crippen molar-refractivity contribution in [1.82, 2.24) is 30.7 Å². The van der Waals surface area contributed by atoms with E-state index in [4.69, 9.17) is 4.74 Å². The molecule has 1 aromatic carbocycles. The van der Waals surface area contributed by atoms with E-state index in [1.165, 1.54) is 37.0 Å². The number of aromatic amines is 1. The number of methoxy groups -OCH3 is 1. The molecular weight excluding hydrogens is 709 g/mol. The summed E-state index contributed by atoms with van der Waals surface area (Å²) in [7, 11) is 3.55. The normalized spacial score (nSPS) is 22.1. The number of aromatic nitrogens is 1. The van der Waals surface area contributed by atoms with Gasteiger partial charge in [0, 0.05) is 47.6 Å². The van der Waals surface area contributed by atoms with Gasteiger partial charge < -0.3 is 30.6 Å². The molecule has 304 valence electrons. The molecule has 0 spiro atoms. The number of hydrogen-bond acceptors (Lipinski definition) is 7. The molecule has 5 amide bonds. The molecule has 1 saturated heterocycles. The van der Waals surface area contributed by atoms with E-state index in [1.54, 1.807) is 13.0 Å². The van der Waals surface area contributed by atoms with Crippen molar-refractivity contribution in [3.63, 3.8) is 0 Å². The van der Waals surface area contributed by atoms with Gasteiger partial charge in [0.2, 0.25) is 17.7 Å². The summed E-state index contributed by atoms with van der Waals surface area (Å²) in [6, 6.07) is 5.18. The predicted molar refractivity (Wildman–Crippen MR) is 216 cm³/mol. The monoisotopic (exact) mass is 770 g/mol. The minimum atomic E-state index is -0.791. The fraction of sp³-hybridized carbons (Fsp3) is 0.614. The van der Waals surface area contributed by atoms with Gasteiger partial charge in [0.05, 0.1) is 7.11 Å². The number of benzene rings is 1. The molecule has 4 atom stereocenters. The number of carbonyl (C=O) groups excluding carboxylic acids is 5. The number of fused-ring (bicyclic) bond motifs is 1. The van der Waals surface area contributed by atoms with Crippen molar-refractivity contribution in [2.45, 2.75) is 127 Å². The molecule has 56 heavy (non-hydrogen) atoms. The highest BCUT2D eigenvalue weighted by molar-refractivity contribution is 6.08. The third-order valence-electron chi connectivity index (χ3n) is 12.5. The lowest BCUT2D eigenvalue weighted by molar-refractivity contribution is -0.139. The number of amides is 5. The van der Waals surface area contributed by atoms with Gasteiger partial charge in [-0.1, -0.05) is 88.5 Å². The Morgan fingerprint density at radius 1 is 0.857 bits per heavy atom. The zero-order valence-electron chi connectivity index (χ0n) is 33.5. The zero-order valence-corrected chi connectivity index (χ0v) is 33.5. The van der Waals surface area contributed by atoms with Crippen molar-refractivity contribution in [3.05, 3.63) is 60.0 Å². The lowest BCUT2D eigenvalue weighted by Crippen LogP contribution is -2.56. The van der Waals surface area contributed by atoms with Crippen LogP contribution in [0.2, 0.25) is 0 Å². The summed E-state index contributed by atoms with van der Waals surface area (Å²) in [6.07, 6.45) is 20.0. The van der Waals surface area contributed by atoms with Gasteiger partial charge in [-0.3, -0.25) is 28.9 Å². The van der Waals surface area contributed by atoms with Crippen LogP contribution in [0.5, 0.6) is 0 Å². The van der Waals surface area contributed by atoms with Crippen molar-refractivity contribution >= 4 is 40.4 Å². The Bertz CT molecular complexity index is 1750. The van der Waals surface area contributed by atoms with Crippen LogP contribution < -0.4 is 16.0 Å². The number of H-pyrrole nitrogens is 1. The molecule has 0 unspecified atom stereocenters. The van der Waals surface area contributed by atoms with Crippen LogP contribution in [0.1, 0.15) is 102 Å². The summed E-state index contributed by atoms with van der Waals surface area (Å²) < 4.78 is 5.54. The van der Waals surface area contributed by atoms with Crippen molar-refractivity contribution < 1.29 is 28.7 Å². The first-order valence-electron chi connectivity index (χ1n) is 21.0. The smallest absolute Gasteiger partial charge is 0.257 e. The quantitative estimate of drug-likeness (QED) is 0.180. The van der Waals surface area contributed by atoms with Gasteiger partial charge in [-0.05, 0) is 76.2 Å². The average Bonchev–Trinajstić information content (AvgIpc) is 3.76. The second-order valence-electron chi connectivity index (χ2n) is 16.7. The molecule has 4 aliphatic rings. The topological polar surface area (TPSA) is 153 Å². The van der Waals surface area contributed by atoms with Crippen LogP contribution in [0.25, 0.3) is 10.9 Å². The fourth-order valence-electron chi connectivity index (χ4n) is 9.21. The van der Waals surface area contributed by atoms with Gasteiger partial charge in [0.25, 0.3) is 11.8 Å². The van der Waals surface area contributed by atoms with Crippen molar-refractivity contribution in [1.29, 1.82) is 0 Å². The SMILES string of the molecule is COC1=CC(=O)N(C(=O)/C=C/[C@H](C)NC(=O)[C@H](CC2CCCCC2)NC(=O)[C@H](CC2CCCCC2)NC(=O)C2CCN(C)CC2)[C@H]1Cc1c[nH]c2ccccc12. The summed E-state index contributed by atoms with van der Waals surface area (Å²) in [5.74, 6) is -0.735. The molecule has 0 radical (unpaired) electrons. The van der Waals surface area contributed by atoms with Crippen LogP contribution in [0.3, 0.4) is 0 Å². The number of carbonyl (C=O) groups is 5. The standard InChI is InChI=1S/C44H62N6O6/c1-29(18-19-40(51)50-38(39(56-3)27-41(50)52)26-33-28-45-35-17-11-10-16-34(33)35)46-43(54)36(24-30-12-6-4-7-13-30)48-44(55)37(25-31-14-8-5-9-15-31)47-42(53)32-20-22-49(2)23-21-32/h10-11,16-19,27-32,36-38,45H,4-9,12-15,20-26H2,1-3H3,(H,46,54)(H,47,53)(H,48,55)/b19-18+/t29-,36-,37-,38-/m0/s1. The van der Waals surface area contributed by atoms with Gasteiger partial charge in [-0.25, -0.2) is 0 Å². The number of piperidine rings is 1. The largest absolute Gasteiger partial charge is 0.499 e. The summed E-state index contributed by atoms with van der Waals surface area (Å²) in [5, 5.41) is 10.3. The second-order valence-corrected chi connectivity index (χ2v) is 16.7. The maximum absolute atomic E-state index is 14.2. The van der Waals surface area contributed by atoms with Crippen molar-refractivity contribution in [3.8, 4) is 0 Å². The van der Waals surface area contributed by atoms with E-state index < -0.39 is 36.0 Å². The molecule has 2 saturated carbocycles. The summed E-state index contributed by atoms with van der Waals surface area (Å²) in [4.78, 5) is 75.1. The Balaban J connectivity index is 1.12. The van der Waals surface area contributed by atoms with E-state index in [1.807, 2.05) is 30.5 Å². The number of ether oxygens (including phenoxy) is 1. The van der Waals surface area contributed by atoms with Crippen LogP contribution in [-0.4, -0.2) is 95.7 Å². The van der Waals surface area contributed by atoms with Gasteiger partial charge in [-0.15, -0.1) is 0 Å². The highest BCUT2D eigenvalue weighted by Crippen LogP contribution is 2.31. The molecule has 2 aliphatic heterocycles. The summed E-state index contributed by atoms with van der Waals surface area (Å²) >= 11 is 0. The first kappa shape index (κ1) is 41.2. The van der Waals surface area contributed by atoms with E-state index in [-0.39, 0.29) is 23.6 Å². The van der Waals surface area contributed by atoms with Gasteiger partial charge >= 0.3 is 0 Å². The summed E-state index contributed by atoms with van der Waals surface area (Å²) in [6.45, 7) is 3.47. The van der Waals surface area contributed by atoms with Gasteiger partial charge in [0.1, 0.15) is 23.9 Å². The maximum atomic E-state index is 14.2. The third kappa shape index (κ3) is 10.7. The number of nitrogens with one attached hydrogen (secondary N) is 4. The van der Waals surface area contributed by atoms with Crippen molar-refractivity contribution in [2.75, 3.05) is 27.2 Å². The van der Waals surface area contributed by atoms with Crippen molar-refractivity contribution in [2.24, 2.45) is 17.8 Å². The Labute approximate surface area is 331 Å². The first-order chi connectivity index (χ1) is 27.1. The van der Waals surface area contributed by atoms with E-state index in [0.717, 1.165) is 93.8 Å². The minimum Gasteiger partial charge on any atom is -0.499 e. The van der Waals surface area contributed by atoms with Crippen LogP contribution in [-0.2, 0) is 35.1 Å². The zero-order chi connectivity index (χ0) is 39.6. The van der Waals surface area contributed by atoms with Gasteiger partial charge in [0.15, 0.2) is 0 Å². The third-order valence-corrected chi connectivity index (χ3v) is 12.5. The Morgan fingerprint density at radius 3 is 2.11 bits per heavy atom. The minimum absolute atomic E-state index is 0.0706. The highest BCUT2D eigenvalue weighted by atomic mass is 16.5. The molecule has 3 heterocycles. The average molecular weight is 771 g/mol. The molecule has 4 N–H and O–H groups in total. The van der Waals surface area contributed by atoms with E-state index in [9.17, 15) is 24.0 Å². The molecule has 3 fully saturated rings. The van der Waals surface area contributed by atoms with E-state index in [2.05, 4.69) is 32.9 Å². The molecule has 1 aromatic heterocycles.